The third kappa shape index (κ3) is 3.11. The van der Waals surface area contributed by atoms with Crippen molar-refractivity contribution in [2.75, 3.05) is 10.7 Å². The lowest BCUT2D eigenvalue weighted by Gasteiger charge is -2.09. The molecule has 0 saturated heterocycles. The molecule has 1 heterocycles. The molecule has 2 aromatic carbocycles. The maximum Gasteiger partial charge on any atom is 0.337 e. The van der Waals surface area contributed by atoms with Crippen LogP contribution in [0.25, 0.3) is 11.1 Å². The Bertz CT molecular complexity index is 768. The van der Waals surface area contributed by atoms with Crippen LogP contribution in [0.5, 0.6) is 0 Å². The summed E-state index contributed by atoms with van der Waals surface area (Å²) in [5.41, 5.74) is 8.21. The summed E-state index contributed by atoms with van der Waals surface area (Å²) in [7, 11) is 0. The molecule has 0 saturated carbocycles. The number of aryl methyl sites for hydroxylation is 1. The summed E-state index contributed by atoms with van der Waals surface area (Å²) in [6, 6.07) is 14.3. The number of amides is 2. The van der Waals surface area contributed by atoms with Crippen LogP contribution < -0.4 is 16.2 Å². The van der Waals surface area contributed by atoms with Crippen molar-refractivity contribution in [2.45, 2.75) is 6.92 Å². The minimum Gasteiger partial charge on any atom is -0.441 e. The number of urea groups is 1. The molecule has 0 radical (unpaired) electrons. The van der Waals surface area contributed by atoms with Crippen molar-refractivity contribution in [1.29, 1.82) is 0 Å². The van der Waals surface area contributed by atoms with E-state index < -0.39 is 0 Å². The van der Waals surface area contributed by atoms with Crippen molar-refractivity contribution in [3.8, 4) is 0 Å². The molecule has 106 valence electrons. The molecule has 2 amide bonds. The van der Waals surface area contributed by atoms with Crippen LogP contribution >= 0.6 is 0 Å². The smallest absolute Gasteiger partial charge is 0.337 e. The van der Waals surface area contributed by atoms with Gasteiger partial charge in [0.2, 0.25) is 0 Å². The Kier molecular flexibility index (Phi) is 3.42. The van der Waals surface area contributed by atoms with E-state index in [1.54, 1.807) is 25.1 Å². The van der Waals surface area contributed by atoms with Gasteiger partial charge in [0.05, 0.1) is 5.69 Å². The quantitative estimate of drug-likeness (QED) is 0.644. The fourth-order valence-electron chi connectivity index (χ4n) is 1.93. The summed E-state index contributed by atoms with van der Waals surface area (Å²) in [4.78, 5) is 16.0. The zero-order valence-electron chi connectivity index (χ0n) is 11.4. The van der Waals surface area contributed by atoms with Crippen molar-refractivity contribution in [3.63, 3.8) is 0 Å². The fourth-order valence-corrected chi connectivity index (χ4v) is 1.93. The van der Waals surface area contributed by atoms with Crippen LogP contribution in [0.2, 0.25) is 0 Å². The molecule has 6 nitrogen and oxygen atoms in total. The number of carbonyl (C=O) groups is 1. The number of fused-ring (bicyclic) bond motifs is 1. The number of benzene rings is 2. The van der Waals surface area contributed by atoms with Crippen molar-refractivity contribution in [2.24, 2.45) is 0 Å². The van der Waals surface area contributed by atoms with Gasteiger partial charge in [-0.1, -0.05) is 18.2 Å². The molecule has 0 aliphatic heterocycles. The summed E-state index contributed by atoms with van der Waals surface area (Å²) in [6.07, 6.45) is 0. The highest BCUT2D eigenvalue weighted by molar-refractivity contribution is 5.92. The van der Waals surface area contributed by atoms with Gasteiger partial charge < -0.3 is 9.73 Å². The van der Waals surface area contributed by atoms with E-state index in [1.165, 1.54) is 0 Å². The van der Waals surface area contributed by atoms with E-state index in [1.807, 2.05) is 30.3 Å². The number of hydrogen-bond donors (Lipinski definition) is 3. The van der Waals surface area contributed by atoms with Gasteiger partial charge in [0.1, 0.15) is 5.52 Å². The first-order chi connectivity index (χ1) is 10.2. The number of hydrogen-bond acceptors (Lipinski definition) is 4. The van der Waals surface area contributed by atoms with Crippen LogP contribution in [0.15, 0.2) is 52.9 Å². The predicted molar refractivity (Wildman–Crippen MR) is 81.0 cm³/mol. The van der Waals surface area contributed by atoms with E-state index in [0.717, 1.165) is 5.69 Å². The lowest BCUT2D eigenvalue weighted by Crippen LogP contribution is -2.33. The molecule has 0 bridgehead atoms. The van der Waals surface area contributed by atoms with Gasteiger partial charge in [0.15, 0.2) is 11.5 Å². The van der Waals surface area contributed by atoms with E-state index in [2.05, 4.69) is 21.2 Å². The Balaban J connectivity index is 1.63. The largest absolute Gasteiger partial charge is 0.441 e. The van der Waals surface area contributed by atoms with Crippen LogP contribution in [0.1, 0.15) is 5.89 Å². The first-order valence-corrected chi connectivity index (χ1v) is 6.46. The number of oxazole rings is 1. The third-order valence-corrected chi connectivity index (χ3v) is 2.85. The Morgan fingerprint density at radius 1 is 1.10 bits per heavy atom. The molecule has 3 rings (SSSR count). The van der Waals surface area contributed by atoms with Gasteiger partial charge in [-0.15, -0.1) is 0 Å². The lowest BCUT2D eigenvalue weighted by atomic mass is 10.3. The van der Waals surface area contributed by atoms with Gasteiger partial charge in [-0.2, -0.15) is 0 Å². The Hall–Kier alpha value is -3.02. The summed E-state index contributed by atoms with van der Waals surface area (Å²) in [5.74, 6) is 0.595. The van der Waals surface area contributed by atoms with Crippen molar-refractivity contribution < 1.29 is 9.21 Å². The van der Waals surface area contributed by atoms with E-state index >= 15 is 0 Å². The van der Waals surface area contributed by atoms with Gasteiger partial charge in [-0.3, -0.25) is 10.9 Å². The number of nitrogens with one attached hydrogen (secondary N) is 3. The van der Waals surface area contributed by atoms with Gasteiger partial charge in [0.25, 0.3) is 0 Å². The topological polar surface area (TPSA) is 79.2 Å². The minimum atomic E-state index is -0.363. The minimum absolute atomic E-state index is 0.363. The maximum atomic E-state index is 11.8. The van der Waals surface area contributed by atoms with Crippen molar-refractivity contribution in [1.82, 2.24) is 10.4 Å². The summed E-state index contributed by atoms with van der Waals surface area (Å²) >= 11 is 0. The number of carbonyl (C=O) groups excluding carboxylic acids is 1. The zero-order valence-corrected chi connectivity index (χ0v) is 11.4. The molecule has 0 unspecified atom stereocenters. The molecule has 0 spiro atoms. The van der Waals surface area contributed by atoms with E-state index in [0.29, 0.717) is 22.7 Å². The van der Waals surface area contributed by atoms with Crippen molar-refractivity contribution in [3.05, 3.63) is 54.4 Å². The first kappa shape index (κ1) is 13.0. The fraction of sp³-hybridized carbons (Fsp3) is 0.0667. The van der Waals surface area contributed by atoms with Crippen molar-refractivity contribution >= 4 is 28.5 Å². The van der Waals surface area contributed by atoms with E-state index in [-0.39, 0.29) is 6.03 Å². The summed E-state index contributed by atoms with van der Waals surface area (Å²) in [6.45, 7) is 1.78. The van der Waals surface area contributed by atoms with Gasteiger partial charge >= 0.3 is 6.03 Å². The van der Waals surface area contributed by atoms with Gasteiger partial charge in [0, 0.05) is 12.6 Å². The zero-order chi connectivity index (χ0) is 14.7. The molecule has 6 heteroatoms. The van der Waals surface area contributed by atoms with Gasteiger partial charge in [-0.25, -0.2) is 9.78 Å². The molecule has 3 N–H and O–H groups in total. The highest BCUT2D eigenvalue weighted by Gasteiger charge is 2.05. The predicted octanol–water partition coefficient (Wildman–Crippen LogP) is 3.28. The second kappa shape index (κ2) is 5.54. The Labute approximate surface area is 121 Å². The number of hydrazine groups is 1. The molecular weight excluding hydrogens is 268 g/mol. The Morgan fingerprint density at radius 3 is 2.71 bits per heavy atom. The summed E-state index contributed by atoms with van der Waals surface area (Å²) in [5, 5.41) is 2.72. The SMILES string of the molecule is Cc1nc2cc(NC(=O)NNc3ccccc3)ccc2o1. The Morgan fingerprint density at radius 2 is 1.90 bits per heavy atom. The average Bonchev–Trinajstić information content (AvgIpc) is 2.85. The van der Waals surface area contributed by atoms with Crippen LogP contribution in [0.4, 0.5) is 16.2 Å². The number of anilines is 2. The monoisotopic (exact) mass is 282 g/mol. The number of rotatable bonds is 3. The van der Waals surface area contributed by atoms with E-state index in [9.17, 15) is 4.79 Å². The number of nitrogens with zero attached hydrogens (tertiary/aromatic N) is 1. The lowest BCUT2D eigenvalue weighted by molar-refractivity contribution is 0.254. The molecular formula is C15H14N4O2. The van der Waals surface area contributed by atoms with E-state index in [4.69, 9.17) is 4.42 Å². The second-order valence-electron chi connectivity index (χ2n) is 4.49. The van der Waals surface area contributed by atoms with Crippen LogP contribution in [0.3, 0.4) is 0 Å². The first-order valence-electron chi connectivity index (χ1n) is 6.46. The van der Waals surface area contributed by atoms with Gasteiger partial charge in [-0.05, 0) is 30.3 Å². The molecule has 0 aliphatic rings. The molecule has 0 fully saturated rings. The molecule has 21 heavy (non-hydrogen) atoms. The second-order valence-corrected chi connectivity index (χ2v) is 4.49. The number of para-hydroxylation sites is 1. The molecule has 0 aliphatic carbocycles. The summed E-state index contributed by atoms with van der Waals surface area (Å²) < 4.78 is 5.38. The average molecular weight is 282 g/mol. The molecule has 3 aromatic rings. The van der Waals surface area contributed by atoms with Crippen LogP contribution in [-0.2, 0) is 0 Å². The standard InChI is InChI=1S/C15H14N4O2/c1-10-16-13-9-12(7-8-14(13)21-10)17-15(20)19-18-11-5-3-2-4-6-11/h2-9,18H,1H3,(H2,17,19,20). The normalized spacial score (nSPS) is 10.3. The van der Waals surface area contributed by atoms with Crippen LogP contribution in [0, 0.1) is 6.92 Å². The molecule has 1 aromatic heterocycles. The maximum absolute atomic E-state index is 11.8. The highest BCUT2D eigenvalue weighted by Crippen LogP contribution is 2.19. The van der Waals surface area contributed by atoms with Crippen LogP contribution in [-0.4, -0.2) is 11.0 Å². The molecule has 0 atom stereocenters. The number of aromatic nitrogens is 1. The third-order valence-electron chi connectivity index (χ3n) is 2.85. The highest BCUT2D eigenvalue weighted by atomic mass is 16.3.